The fourth-order valence-electron chi connectivity index (χ4n) is 8.94. The molecule has 8 atom stereocenters. The summed E-state index contributed by atoms with van der Waals surface area (Å²) in [6.45, 7) is 2.37. The van der Waals surface area contributed by atoms with E-state index in [9.17, 15) is 15.5 Å². The number of aliphatic hydroxyl groups is 2. The van der Waals surface area contributed by atoms with Crippen LogP contribution < -0.4 is 0 Å². The quantitative estimate of drug-likeness (QED) is 0.604. The minimum atomic E-state index is -1.01. The molecule has 6 nitrogen and oxygen atoms in total. The monoisotopic (exact) mass is 497 g/mol. The topological polar surface area (TPSA) is 89.6 Å². The molecule has 2 N–H and O–H groups in total. The van der Waals surface area contributed by atoms with E-state index in [1.807, 2.05) is 31.4 Å². The number of likely N-dealkylation sites (N-methyl/N-ethyl adjacent to an activating group) is 1. The van der Waals surface area contributed by atoms with Crippen molar-refractivity contribution in [2.75, 3.05) is 14.1 Å². The molecule has 3 heterocycles. The molecule has 2 aromatic rings. The molecule has 37 heavy (non-hydrogen) atoms. The average Bonchev–Trinajstić information content (AvgIpc) is 3.42. The van der Waals surface area contributed by atoms with Crippen LogP contribution in [-0.2, 0) is 4.74 Å². The molecule has 1 aromatic carbocycles. The van der Waals surface area contributed by atoms with Gasteiger partial charge < -0.3 is 19.8 Å². The number of ether oxygens (including phenoxy) is 1. The Balaban J connectivity index is 1.32. The molecule has 2 saturated carbocycles. The van der Waals surface area contributed by atoms with Crippen LogP contribution in [0.15, 0.2) is 54.4 Å². The predicted octanol–water partition coefficient (Wildman–Crippen LogP) is 4.23. The van der Waals surface area contributed by atoms with Crippen LogP contribution in [0.4, 0.5) is 0 Å². The van der Waals surface area contributed by atoms with Gasteiger partial charge in [-0.15, -0.1) is 0 Å². The third kappa shape index (κ3) is 2.81. The molecule has 1 saturated heterocycles. The van der Waals surface area contributed by atoms with E-state index in [0.29, 0.717) is 12.8 Å². The molecule has 6 heteroatoms. The average molecular weight is 498 g/mol. The highest BCUT2D eigenvalue weighted by Crippen LogP contribution is 2.72. The lowest BCUT2D eigenvalue weighted by Crippen LogP contribution is -2.66. The Morgan fingerprint density at radius 2 is 1.95 bits per heavy atom. The summed E-state index contributed by atoms with van der Waals surface area (Å²) in [6.07, 6.45) is 11.0. The first-order valence-corrected chi connectivity index (χ1v) is 13.6. The van der Waals surface area contributed by atoms with E-state index in [2.05, 4.69) is 54.4 Å². The summed E-state index contributed by atoms with van der Waals surface area (Å²) < 4.78 is 7.28. The molecule has 2 aliphatic heterocycles. The Bertz CT molecular complexity index is 1410. The summed E-state index contributed by atoms with van der Waals surface area (Å²) in [4.78, 5) is 6.26. The minimum absolute atomic E-state index is 0.105. The standard InChI is InChI=1S/C31H35N3O3/c1-28-9-10-29(18-32)15-23-26(35)27(36)24(34(2)3)16-30(23)11-12-31(29,37-30)25(28)7-6-22(28)20-4-5-21-17-33-13-8-19(21)14-20/h4-6,8,13-15,17,24-27,35-36H,7,9-12,16H2,1-3H3/t24-,25?,26+,27+,28+,29?,30+,31-/m0/s1. The number of allylic oxidation sites excluding steroid dienone is 2. The van der Waals surface area contributed by atoms with Gasteiger partial charge in [0.2, 0.25) is 0 Å². The number of fused-ring (bicyclic) bond motifs is 2. The van der Waals surface area contributed by atoms with Gasteiger partial charge in [0.1, 0.15) is 11.5 Å². The van der Waals surface area contributed by atoms with Gasteiger partial charge in [-0.05, 0) is 92.3 Å². The van der Waals surface area contributed by atoms with E-state index >= 15 is 0 Å². The molecule has 192 valence electrons. The van der Waals surface area contributed by atoms with Gasteiger partial charge >= 0.3 is 0 Å². The van der Waals surface area contributed by atoms with Crippen molar-refractivity contribution in [1.29, 1.82) is 5.26 Å². The second-order valence-electron chi connectivity index (χ2n) is 12.6. The smallest absolute Gasteiger partial charge is 0.105 e. The van der Waals surface area contributed by atoms with Crippen LogP contribution in [0, 0.1) is 28.1 Å². The lowest BCUT2D eigenvalue weighted by molar-refractivity contribution is -0.223. The summed E-state index contributed by atoms with van der Waals surface area (Å²) in [5.41, 5.74) is 1.23. The van der Waals surface area contributed by atoms with Crippen LogP contribution >= 0.6 is 0 Å². The van der Waals surface area contributed by atoms with Crippen molar-refractivity contribution < 1.29 is 14.9 Å². The first kappa shape index (κ1) is 23.5. The minimum Gasteiger partial charge on any atom is -0.388 e. The number of aromatic nitrogens is 1. The Hall–Kier alpha value is -2.56. The summed E-state index contributed by atoms with van der Waals surface area (Å²) in [7, 11) is 3.90. The number of nitrogens with zero attached hydrogens (tertiary/aromatic N) is 3. The fourth-order valence-corrected chi connectivity index (χ4v) is 8.94. The van der Waals surface area contributed by atoms with Crippen LogP contribution in [-0.4, -0.2) is 63.6 Å². The first-order valence-electron chi connectivity index (χ1n) is 13.6. The number of nitriles is 1. The molecule has 2 spiro atoms. The number of hydrogen-bond donors (Lipinski definition) is 2. The second kappa shape index (κ2) is 7.51. The van der Waals surface area contributed by atoms with Gasteiger partial charge in [0.15, 0.2) is 0 Å². The van der Waals surface area contributed by atoms with E-state index in [-0.39, 0.29) is 17.4 Å². The van der Waals surface area contributed by atoms with Crippen molar-refractivity contribution in [3.05, 3.63) is 59.9 Å². The molecule has 3 fully saturated rings. The van der Waals surface area contributed by atoms with Crippen LogP contribution in [0.1, 0.15) is 51.0 Å². The van der Waals surface area contributed by atoms with E-state index in [4.69, 9.17) is 4.74 Å². The number of rotatable bonds is 2. The van der Waals surface area contributed by atoms with Gasteiger partial charge in [-0.1, -0.05) is 31.2 Å². The Morgan fingerprint density at radius 3 is 2.73 bits per heavy atom. The van der Waals surface area contributed by atoms with Crippen molar-refractivity contribution in [2.24, 2.45) is 16.7 Å². The van der Waals surface area contributed by atoms with Gasteiger partial charge in [0, 0.05) is 29.7 Å². The largest absolute Gasteiger partial charge is 0.388 e. The number of benzene rings is 1. The summed E-state index contributed by atoms with van der Waals surface area (Å²) >= 11 is 0. The maximum absolute atomic E-state index is 11.3. The van der Waals surface area contributed by atoms with Crippen molar-refractivity contribution >= 4 is 16.3 Å². The number of aliphatic hydroxyl groups excluding tert-OH is 2. The summed E-state index contributed by atoms with van der Waals surface area (Å²) in [5, 5.41) is 35.3. The molecular weight excluding hydrogens is 462 g/mol. The summed E-state index contributed by atoms with van der Waals surface area (Å²) in [5.74, 6) is 0.176. The Labute approximate surface area is 218 Å². The zero-order valence-electron chi connectivity index (χ0n) is 21.8. The molecule has 1 aromatic heterocycles. The highest BCUT2D eigenvalue weighted by molar-refractivity contribution is 5.87. The molecule has 0 radical (unpaired) electrons. The number of hydrogen-bond acceptors (Lipinski definition) is 6. The highest BCUT2D eigenvalue weighted by Gasteiger charge is 2.74. The third-order valence-corrected chi connectivity index (χ3v) is 10.9. The maximum atomic E-state index is 11.3. The van der Waals surface area contributed by atoms with Crippen LogP contribution in [0.3, 0.4) is 0 Å². The number of pyridine rings is 1. The normalized spacial score (nSPS) is 44.0. The molecule has 3 aliphatic carbocycles. The molecule has 5 aliphatic rings. The molecule has 2 unspecified atom stereocenters. The van der Waals surface area contributed by atoms with Crippen molar-refractivity contribution in [1.82, 2.24) is 9.88 Å². The Morgan fingerprint density at radius 1 is 1.11 bits per heavy atom. The van der Waals surface area contributed by atoms with Crippen LogP contribution in [0.5, 0.6) is 0 Å². The first-order chi connectivity index (χ1) is 17.7. The van der Waals surface area contributed by atoms with Gasteiger partial charge in [-0.25, -0.2) is 0 Å². The SMILES string of the molecule is CN(C)[C@H]1C[C@@]23CC[C@]4(O2)C2CC=C(c5ccc6cnccc6c5)[C@@]2(C)CCC4(C#N)C=C3[C@@H](O)[C@@H]1O. The third-order valence-electron chi connectivity index (χ3n) is 10.9. The van der Waals surface area contributed by atoms with E-state index in [1.54, 1.807) is 0 Å². The van der Waals surface area contributed by atoms with Crippen molar-refractivity contribution in [2.45, 2.75) is 74.9 Å². The molecule has 0 amide bonds. The second-order valence-corrected chi connectivity index (χ2v) is 12.6. The van der Waals surface area contributed by atoms with Gasteiger partial charge in [-0.3, -0.25) is 4.98 Å². The zero-order chi connectivity index (χ0) is 25.8. The van der Waals surface area contributed by atoms with Crippen molar-refractivity contribution in [3.8, 4) is 6.07 Å². The predicted molar refractivity (Wildman–Crippen MR) is 141 cm³/mol. The van der Waals surface area contributed by atoms with Gasteiger partial charge in [-0.2, -0.15) is 5.26 Å². The van der Waals surface area contributed by atoms with Crippen LogP contribution in [0.2, 0.25) is 0 Å². The lowest BCUT2D eigenvalue weighted by atomic mass is 9.49. The van der Waals surface area contributed by atoms with E-state index in [1.165, 1.54) is 16.5 Å². The van der Waals surface area contributed by atoms with E-state index in [0.717, 1.165) is 36.6 Å². The lowest BCUT2D eigenvalue weighted by Gasteiger charge is -2.61. The summed E-state index contributed by atoms with van der Waals surface area (Å²) in [6, 6.07) is 11.2. The van der Waals surface area contributed by atoms with Crippen LogP contribution in [0.25, 0.3) is 16.3 Å². The molecule has 7 rings (SSSR count). The van der Waals surface area contributed by atoms with Gasteiger partial charge in [0.05, 0.1) is 23.4 Å². The van der Waals surface area contributed by atoms with Gasteiger partial charge in [0.25, 0.3) is 0 Å². The molecular formula is C31H35N3O3. The fraction of sp³-hybridized carbons (Fsp3) is 0.548. The molecule has 2 bridgehead atoms. The van der Waals surface area contributed by atoms with E-state index < -0.39 is 28.8 Å². The maximum Gasteiger partial charge on any atom is 0.105 e. The Kier molecular flexibility index (Phi) is 4.78. The zero-order valence-corrected chi connectivity index (χ0v) is 21.8. The highest BCUT2D eigenvalue weighted by atomic mass is 16.5. The van der Waals surface area contributed by atoms with Crippen molar-refractivity contribution in [3.63, 3.8) is 0 Å².